The average Bonchev–Trinajstić information content (AvgIpc) is 2.70. The highest BCUT2D eigenvalue weighted by atomic mass is 15.0. The number of pyridine rings is 2. The number of allylic oxidation sites excluding steroid dienone is 2. The van der Waals surface area contributed by atoms with E-state index in [1.54, 1.807) is 0 Å². The van der Waals surface area contributed by atoms with E-state index in [0.29, 0.717) is 0 Å². The number of hydrogen-bond donors (Lipinski definition) is 1. The van der Waals surface area contributed by atoms with E-state index >= 15 is 0 Å². The summed E-state index contributed by atoms with van der Waals surface area (Å²) in [5.74, 6) is 0. The van der Waals surface area contributed by atoms with Crippen LogP contribution in [0.15, 0.2) is 91.3 Å². The predicted molar refractivity (Wildman–Crippen MR) is 96.7 cm³/mol. The first-order valence-corrected chi connectivity index (χ1v) is 7.98. The molecule has 0 bridgehead atoms. The lowest BCUT2D eigenvalue weighted by atomic mass is 9.96. The molecular formula is C21H17N3. The molecular weight excluding hydrogens is 294 g/mol. The topological polar surface area (TPSA) is 37.8 Å². The van der Waals surface area contributed by atoms with Crippen LogP contribution in [0, 0.1) is 0 Å². The van der Waals surface area contributed by atoms with Crippen molar-refractivity contribution < 1.29 is 0 Å². The molecule has 0 radical (unpaired) electrons. The van der Waals surface area contributed by atoms with Gasteiger partial charge in [0.2, 0.25) is 0 Å². The van der Waals surface area contributed by atoms with Crippen molar-refractivity contribution >= 4 is 11.3 Å². The fourth-order valence-corrected chi connectivity index (χ4v) is 2.83. The van der Waals surface area contributed by atoms with E-state index in [4.69, 9.17) is 0 Å². The highest BCUT2D eigenvalue weighted by molar-refractivity contribution is 5.85. The van der Waals surface area contributed by atoms with Crippen molar-refractivity contribution in [1.29, 1.82) is 0 Å². The summed E-state index contributed by atoms with van der Waals surface area (Å²) in [5.41, 5.74) is 5.29. The summed E-state index contributed by atoms with van der Waals surface area (Å²) in [6.07, 6.45) is 8.00. The minimum atomic E-state index is 0.0170. The van der Waals surface area contributed by atoms with Crippen molar-refractivity contribution in [1.82, 2.24) is 15.3 Å². The van der Waals surface area contributed by atoms with Crippen LogP contribution in [0.2, 0.25) is 0 Å². The number of hydrogen-bond acceptors (Lipinski definition) is 3. The number of nitrogens with zero attached hydrogens (tertiary/aromatic N) is 2. The Kier molecular flexibility index (Phi) is 3.90. The fraction of sp³-hybridized carbons (Fsp3) is 0.0476. The predicted octanol–water partition coefficient (Wildman–Crippen LogP) is 4.25. The van der Waals surface area contributed by atoms with Gasteiger partial charge in [-0.15, -0.1) is 0 Å². The first-order valence-electron chi connectivity index (χ1n) is 7.98. The van der Waals surface area contributed by atoms with Crippen LogP contribution in [0.1, 0.15) is 23.0 Å². The highest BCUT2D eigenvalue weighted by Crippen LogP contribution is 2.30. The van der Waals surface area contributed by atoms with Gasteiger partial charge in [0.25, 0.3) is 0 Å². The lowest BCUT2D eigenvalue weighted by molar-refractivity contribution is 0.736. The highest BCUT2D eigenvalue weighted by Gasteiger charge is 2.19. The molecule has 1 unspecified atom stereocenters. The smallest absolute Gasteiger partial charge is 0.0879 e. The van der Waals surface area contributed by atoms with Crippen molar-refractivity contribution in [2.24, 2.45) is 0 Å². The monoisotopic (exact) mass is 311 g/mol. The zero-order valence-corrected chi connectivity index (χ0v) is 13.1. The number of benzene rings is 1. The molecule has 0 amide bonds. The van der Waals surface area contributed by atoms with Gasteiger partial charge in [-0.05, 0) is 47.6 Å². The Morgan fingerprint density at radius 3 is 2.21 bits per heavy atom. The molecule has 1 aromatic carbocycles. The molecule has 116 valence electrons. The summed E-state index contributed by atoms with van der Waals surface area (Å²) in [5, 5.41) is 3.55. The minimum absolute atomic E-state index is 0.0170. The summed E-state index contributed by atoms with van der Waals surface area (Å²) in [4.78, 5) is 8.98. The van der Waals surface area contributed by atoms with E-state index in [-0.39, 0.29) is 6.04 Å². The number of nitrogens with one attached hydrogen (secondary N) is 1. The second kappa shape index (κ2) is 6.50. The molecule has 24 heavy (non-hydrogen) atoms. The Bertz CT molecular complexity index is 869. The summed E-state index contributed by atoms with van der Waals surface area (Å²) < 4.78 is 0. The van der Waals surface area contributed by atoms with Gasteiger partial charge in [0.15, 0.2) is 0 Å². The van der Waals surface area contributed by atoms with Crippen LogP contribution in [0.25, 0.3) is 11.3 Å². The second-order valence-electron chi connectivity index (χ2n) is 5.64. The average molecular weight is 311 g/mol. The van der Waals surface area contributed by atoms with Gasteiger partial charge in [-0.1, -0.05) is 42.5 Å². The first kappa shape index (κ1) is 14.4. The molecule has 3 nitrogen and oxygen atoms in total. The molecule has 1 atom stereocenters. The van der Waals surface area contributed by atoms with E-state index in [0.717, 1.165) is 17.1 Å². The molecule has 0 fully saturated rings. The number of rotatable bonds is 3. The molecule has 1 aliphatic heterocycles. The Balaban J connectivity index is 1.79. The molecule has 0 spiro atoms. The first-order chi connectivity index (χ1) is 11.9. The Labute approximate surface area is 141 Å². The van der Waals surface area contributed by atoms with Crippen LogP contribution in [0.5, 0.6) is 0 Å². The van der Waals surface area contributed by atoms with Crippen molar-refractivity contribution in [3.63, 3.8) is 0 Å². The minimum Gasteiger partial charge on any atom is -0.371 e. The summed E-state index contributed by atoms with van der Waals surface area (Å²) in [6.45, 7) is 0. The van der Waals surface area contributed by atoms with Crippen LogP contribution < -0.4 is 5.32 Å². The van der Waals surface area contributed by atoms with Crippen LogP contribution in [-0.4, -0.2) is 9.97 Å². The molecule has 1 aliphatic rings. The Hall–Kier alpha value is -3.20. The maximum atomic E-state index is 4.50. The standard InChI is InChI=1S/C21H17N3/c1-2-8-16(9-3-1)17-14-20(18-10-4-6-12-22-18)24-21(15-17)19-11-5-7-13-23-19/h1-15,20,24H. The molecule has 3 aromatic rings. The van der Waals surface area contributed by atoms with Crippen LogP contribution in [0.4, 0.5) is 0 Å². The van der Waals surface area contributed by atoms with Crippen LogP contribution in [-0.2, 0) is 0 Å². The third kappa shape index (κ3) is 2.97. The lowest BCUT2D eigenvalue weighted by Crippen LogP contribution is -2.23. The van der Waals surface area contributed by atoms with Gasteiger partial charge >= 0.3 is 0 Å². The second-order valence-corrected chi connectivity index (χ2v) is 5.64. The zero-order chi connectivity index (χ0) is 16.2. The van der Waals surface area contributed by atoms with E-state index in [9.17, 15) is 0 Å². The molecule has 3 heterocycles. The molecule has 2 aromatic heterocycles. The molecule has 4 rings (SSSR count). The van der Waals surface area contributed by atoms with Crippen molar-refractivity contribution in [2.75, 3.05) is 0 Å². The Morgan fingerprint density at radius 1 is 0.750 bits per heavy atom. The van der Waals surface area contributed by atoms with Crippen molar-refractivity contribution in [3.8, 4) is 0 Å². The molecule has 0 saturated carbocycles. The SMILES string of the molecule is C1=C(c2ccccc2)C=C(c2ccccn2)NC1c1ccccn1. The number of aromatic nitrogens is 2. The number of dihydropyridines is 1. The summed E-state index contributed by atoms with van der Waals surface area (Å²) in [7, 11) is 0. The van der Waals surface area contributed by atoms with Crippen molar-refractivity contribution in [2.45, 2.75) is 6.04 Å². The normalized spacial score (nSPS) is 16.8. The van der Waals surface area contributed by atoms with E-state index in [1.165, 1.54) is 11.1 Å². The Morgan fingerprint density at radius 2 is 1.50 bits per heavy atom. The van der Waals surface area contributed by atoms with Crippen LogP contribution >= 0.6 is 0 Å². The van der Waals surface area contributed by atoms with E-state index in [2.05, 4.69) is 51.7 Å². The third-order valence-electron chi connectivity index (χ3n) is 4.01. The van der Waals surface area contributed by atoms with Gasteiger partial charge in [0.1, 0.15) is 0 Å². The zero-order valence-electron chi connectivity index (χ0n) is 13.1. The van der Waals surface area contributed by atoms with Crippen molar-refractivity contribution in [3.05, 3.63) is 108 Å². The van der Waals surface area contributed by atoms with E-state index in [1.807, 2.05) is 54.9 Å². The molecule has 3 heteroatoms. The summed E-state index contributed by atoms with van der Waals surface area (Å²) >= 11 is 0. The van der Waals surface area contributed by atoms with Crippen LogP contribution in [0.3, 0.4) is 0 Å². The molecule has 0 saturated heterocycles. The lowest BCUT2D eigenvalue weighted by Gasteiger charge is -2.24. The van der Waals surface area contributed by atoms with Gasteiger partial charge in [-0.3, -0.25) is 9.97 Å². The maximum Gasteiger partial charge on any atom is 0.0879 e. The van der Waals surface area contributed by atoms with Gasteiger partial charge in [0.05, 0.1) is 23.1 Å². The maximum absolute atomic E-state index is 4.50. The van der Waals surface area contributed by atoms with Gasteiger partial charge in [-0.2, -0.15) is 0 Å². The van der Waals surface area contributed by atoms with Gasteiger partial charge < -0.3 is 5.32 Å². The largest absolute Gasteiger partial charge is 0.371 e. The molecule has 1 N–H and O–H groups in total. The fourth-order valence-electron chi connectivity index (χ4n) is 2.83. The molecule has 0 aliphatic carbocycles. The third-order valence-corrected chi connectivity index (χ3v) is 4.01. The summed E-state index contributed by atoms with van der Waals surface area (Å²) in [6, 6.07) is 22.3. The van der Waals surface area contributed by atoms with E-state index < -0.39 is 0 Å². The quantitative estimate of drug-likeness (QED) is 0.786. The van der Waals surface area contributed by atoms with Gasteiger partial charge in [-0.25, -0.2) is 0 Å². The van der Waals surface area contributed by atoms with Gasteiger partial charge in [0, 0.05) is 12.4 Å².